The highest BCUT2D eigenvalue weighted by Gasteiger charge is 2.60. The zero-order valence-electron chi connectivity index (χ0n) is 34.1. The Balaban J connectivity index is 1.25. The molecule has 7 aliphatic heterocycles. The van der Waals surface area contributed by atoms with Crippen LogP contribution >= 0.6 is 11.8 Å². The van der Waals surface area contributed by atoms with Gasteiger partial charge in [-0.05, 0) is 67.5 Å². The third-order valence-electron chi connectivity index (χ3n) is 13.2. The number of aryl methyl sites for hydroxylation is 1. The second kappa shape index (κ2) is 15.6. The topological polar surface area (TPSA) is 178 Å². The number of nitrogens with one attached hydrogen (secondary N) is 2. The average molecular weight is 832 g/mol. The SMILES string of the molecule is CCCCCCCC(=O)Oc1c(C)c2c(c3c1[C@H]1SC[C@]4(NCCc5cc(O)c(OC)cc54)C(=O)OC[C@H]3N3C1[C@H]1N[C@@H](Cc4cc(C)c(OC)c(O)c41)[C@@H]3O)OCO2. The van der Waals surface area contributed by atoms with Crippen molar-refractivity contribution in [2.75, 3.05) is 39.9 Å². The first-order valence-electron chi connectivity index (χ1n) is 20.7. The van der Waals surface area contributed by atoms with Crippen LogP contribution in [0.5, 0.6) is 40.2 Å². The molecule has 0 saturated carbocycles. The molecule has 0 aliphatic carbocycles. The van der Waals surface area contributed by atoms with Crippen molar-refractivity contribution in [3.8, 4) is 40.2 Å². The van der Waals surface area contributed by atoms with Gasteiger partial charge in [-0.1, -0.05) is 38.7 Å². The van der Waals surface area contributed by atoms with Gasteiger partial charge in [0, 0.05) is 47.0 Å². The summed E-state index contributed by atoms with van der Waals surface area (Å²) in [5, 5.41) is 41.9. The highest BCUT2D eigenvalue weighted by atomic mass is 32.2. The van der Waals surface area contributed by atoms with Crippen molar-refractivity contribution in [2.24, 2.45) is 0 Å². The monoisotopic (exact) mass is 831 g/mol. The number of carbonyl (C=O) groups excluding carboxylic acids is 2. The minimum absolute atomic E-state index is 0.0190. The first-order chi connectivity index (χ1) is 28.5. The zero-order valence-corrected chi connectivity index (χ0v) is 35.0. The number of benzene rings is 3. The molecule has 59 heavy (non-hydrogen) atoms. The molecule has 5 N–H and O–H groups in total. The lowest BCUT2D eigenvalue weighted by Crippen LogP contribution is -2.69. The molecule has 0 amide bonds. The summed E-state index contributed by atoms with van der Waals surface area (Å²) < 4.78 is 36.6. The van der Waals surface area contributed by atoms with Crippen LogP contribution in [0, 0.1) is 13.8 Å². The molecule has 2 saturated heterocycles. The van der Waals surface area contributed by atoms with Gasteiger partial charge in [0.05, 0.1) is 37.6 Å². The number of nitrogens with zero attached hydrogens (tertiary/aromatic N) is 1. The fourth-order valence-corrected chi connectivity index (χ4v) is 12.2. The van der Waals surface area contributed by atoms with E-state index >= 15 is 0 Å². The largest absolute Gasteiger partial charge is 0.504 e. The highest BCUT2D eigenvalue weighted by Crippen LogP contribution is 2.63. The van der Waals surface area contributed by atoms with E-state index in [2.05, 4.69) is 17.6 Å². The number of phenols is 2. The Bertz CT molecular complexity index is 2200. The van der Waals surface area contributed by atoms with E-state index in [9.17, 15) is 24.9 Å². The molecule has 4 bridgehead atoms. The number of ether oxygens (including phenoxy) is 6. The smallest absolute Gasteiger partial charge is 0.331 e. The van der Waals surface area contributed by atoms with E-state index < -0.39 is 47.2 Å². The molecule has 316 valence electrons. The number of carbonyl (C=O) groups is 2. The van der Waals surface area contributed by atoms with Crippen LogP contribution in [0.3, 0.4) is 0 Å². The summed E-state index contributed by atoms with van der Waals surface area (Å²) in [5.74, 6) is 1.18. The number of rotatable bonds is 9. The summed E-state index contributed by atoms with van der Waals surface area (Å²) in [4.78, 5) is 30.7. The molecular formula is C44H53N3O11S. The second-order valence-electron chi connectivity index (χ2n) is 16.5. The number of hydrogen-bond acceptors (Lipinski definition) is 15. The van der Waals surface area contributed by atoms with Gasteiger partial charge in [-0.2, -0.15) is 0 Å². The van der Waals surface area contributed by atoms with E-state index in [0.29, 0.717) is 76.6 Å². The van der Waals surface area contributed by atoms with Crippen molar-refractivity contribution in [3.63, 3.8) is 0 Å². The Morgan fingerprint density at radius 2 is 1.78 bits per heavy atom. The lowest BCUT2D eigenvalue weighted by Gasteiger charge is -2.59. The number of thioether (sulfide) groups is 1. The van der Waals surface area contributed by atoms with Crippen LogP contribution in [0.2, 0.25) is 0 Å². The molecule has 0 radical (unpaired) electrons. The molecule has 1 spiro atoms. The highest BCUT2D eigenvalue weighted by molar-refractivity contribution is 7.99. The van der Waals surface area contributed by atoms with E-state index in [-0.39, 0.29) is 48.8 Å². The van der Waals surface area contributed by atoms with Gasteiger partial charge >= 0.3 is 11.9 Å². The third kappa shape index (κ3) is 6.29. The number of aliphatic hydroxyl groups excluding tert-OH is 1. The van der Waals surface area contributed by atoms with Crippen LogP contribution in [0.4, 0.5) is 0 Å². The van der Waals surface area contributed by atoms with E-state index in [0.717, 1.165) is 42.4 Å². The number of aliphatic hydroxyl groups is 1. The number of fused-ring (bicyclic) bond motifs is 9. The molecule has 14 nitrogen and oxygen atoms in total. The van der Waals surface area contributed by atoms with Crippen molar-refractivity contribution in [3.05, 3.63) is 62.7 Å². The molecule has 7 heterocycles. The molecule has 15 heteroatoms. The standard InChI is InChI=1S/C44H53N3O11S/c1-6-7-8-9-10-11-30(49)58-38-22(3)39-40(57-20-56-39)32-27-18-55-43(52)44(25-17-29(53-4)28(48)16-23(25)12-13-45-44)19-59-41(33(32)38)35-34-31-24(14-21(2)37(54-5)36(31)50)15-26(46-34)42(51)47(27)35/h14,16-17,26-27,34-35,41-42,45-46,48,50-51H,6-13,15,18-20H2,1-5H3/t26-,27+,34-,35?,41+,42-,44+/m0/s1. The minimum Gasteiger partial charge on any atom is -0.504 e. The Labute approximate surface area is 347 Å². The molecule has 7 aliphatic rings. The number of methoxy groups -OCH3 is 2. The molecule has 2 fully saturated rings. The molecule has 3 aromatic rings. The fraction of sp³-hybridized carbons (Fsp3) is 0.545. The van der Waals surface area contributed by atoms with E-state index in [1.165, 1.54) is 26.0 Å². The predicted molar refractivity (Wildman–Crippen MR) is 218 cm³/mol. The number of phenolic OH excluding ortho intramolecular Hbond substituents is 2. The van der Waals surface area contributed by atoms with Crippen LogP contribution in [-0.2, 0) is 32.7 Å². The quantitative estimate of drug-likeness (QED) is 0.105. The first kappa shape index (κ1) is 40.0. The lowest BCUT2D eigenvalue weighted by molar-refractivity contribution is -0.164. The zero-order chi connectivity index (χ0) is 41.3. The summed E-state index contributed by atoms with van der Waals surface area (Å²) in [5.41, 5.74) is 4.39. The van der Waals surface area contributed by atoms with Gasteiger partial charge in [0.25, 0.3) is 0 Å². The number of piperazine rings is 1. The van der Waals surface area contributed by atoms with Crippen LogP contribution in [0.1, 0.15) is 107 Å². The molecule has 10 rings (SSSR count). The maximum atomic E-state index is 14.8. The van der Waals surface area contributed by atoms with Gasteiger partial charge in [0.15, 0.2) is 40.0 Å². The third-order valence-corrected chi connectivity index (χ3v) is 14.7. The van der Waals surface area contributed by atoms with Gasteiger partial charge in [-0.15, -0.1) is 11.8 Å². The summed E-state index contributed by atoms with van der Waals surface area (Å²) in [7, 11) is 3.01. The first-order valence-corrected chi connectivity index (χ1v) is 21.8. The van der Waals surface area contributed by atoms with Gasteiger partial charge in [-0.3, -0.25) is 15.0 Å². The van der Waals surface area contributed by atoms with Gasteiger partial charge in [0.2, 0.25) is 6.79 Å². The Hall–Kier alpha value is -4.41. The number of esters is 2. The van der Waals surface area contributed by atoms with E-state index in [4.69, 9.17) is 28.4 Å². The van der Waals surface area contributed by atoms with Crippen molar-refractivity contribution in [1.29, 1.82) is 0 Å². The van der Waals surface area contributed by atoms with Crippen molar-refractivity contribution >= 4 is 23.7 Å². The Kier molecular flexibility index (Phi) is 10.6. The molecule has 7 atom stereocenters. The summed E-state index contributed by atoms with van der Waals surface area (Å²) in [6.07, 6.45) is 5.03. The summed E-state index contributed by atoms with van der Waals surface area (Å²) in [6.45, 7) is 6.11. The predicted octanol–water partition coefficient (Wildman–Crippen LogP) is 5.41. The molecule has 3 aromatic carbocycles. The maximum Gasteiger partial charge on any atom is 0.331 e. The van der Waals surface area contributed by atoms with Gasteiger partial charge in [-0.25, -0.2) is 4.79 Å². The van der Waals surface area contributed by atoms with E-state index in [1.54, 1.807) is 12.1 Å². The average Bonchev–Trinajstić information content (AvgIpc) is 3.72. The molecular weight excluding hydrogens is 779 g/mol. The number of aromatic hydroxyl groups is 2. The molecule has 0 aromatic heterocycles. The van der Waals surface area contributed by atoms with Gasteiger partial charge in [0.1, 0.15) is 18.6 Å². The fourth-order valence-electron chi connectivity index (χ4n) is 10.5. The maximum absolute atomic E-state index is 14.8. The van der Waals surface area contributed by atoms with Crippen molar-refractivity contribution in [2.45, 2.75) is 113 Å². The normalized spacial score (nSPS) is 27.6. The van der Waals surface area contributed by atoms with Gasteiger partial charge < -0.3 is 49.1 Å². The van der Waals surface area contributed by atoms with Crippen LogP contribution in [-0.4, -0.2) is 90.4 Å². The Morgan fingerprint density at radius 1 is 0.983 bits per heavy atom. The second-order valence-corrected chi connectivity index (χ2v) is 17.7. The van der Waals surface area contributed by atoms with Crippen LogP contribution < -0.4 is 34.3 Å². The number of unbranched alkanes of at least 4 members (excludes halogenated alkanes) is 4. The number of hydrogen-bond donors (Lipinski definition) is 5. The van der Waals surface area contributed by atoms with Crippen molar-refractivity contribution < 1.29 is 53.3 Å². The van der Waals surface area contributed by atoms with Crippen LogP contribution in [0.25, 0.3) is 0 Å². The van der Waals surface area contributed by atoms with Crippen LogP contribution in [0.15, 0.2) is 18.2 Å². The van der Waals surface area contributed by atoms with Crippen molar-refractivity contribution in [1.82, 2.24) is 15.5 Å². The summed E-state index contributed by atoms with van der Waals surface area (Å²) >= 11 is 1.48. The van der Waals surface area contributed by atoms with E-state index in [1.807, 2.05) is 24.8 Å². The Morgan fingerprint density at radius 3 is 2.56 bits per heavy atom. The minimum atomic E-state index is -1.36. The molecule has 1 unspecified atom stereocenters. The summed E-state index contributed by atoms with van der Waals surface area (Å²) in [6, 6.07) is 3.02. The lowest BCUT2D eigenvalue weighted by atomic mass is 9.74.